The monoisotopic (exact) mass is 389 g/mol. The summed E-state index contributed by atoms with van der Waals surface area (Å²) in [6.45, 7) is 10.3. The Morgan fingerprint density at radius 1 is 1.10 bits per heavy atom. The number of pyridine rings is 1. The van der Waals surface area contributed by atoms with E-state index in [1.165, 1.54) is 11.1 Å². The number of nitrogens with zero attached hydrogens (tertiary/aromatic N) is 2. The Morgan fingerprint density at radius 2 is 1.79 bits per heavy atom. The average molecular weight is 390 g/mol. The Hall–Kier alpha value is -2.43. The van der Waals surface area contributed by atoms with Crippen LogP contribution in [0.2, 0.25) is 0 Å². The van der Waals surface area contributed by atoms with Crippen molar-refractivity contribution in [2.75, 3.05) is 20.1 Å². The summed E-state index contributed by atoms with van der Waals surface area (Å²) in [5.74, 6) is 0.462. The number of aromatic nitrogens is 2. The van der Waals surface area contributed by atoms with Crippen molar-refractivity contribution in [2.45, 2.75) is 39.2 Å². The zero-order chi connectivity index (χ0) is 20.8. The number of aliphatic hydroxyl groups is 1. The SMILES string of the molecule is Cc1c[nH]c(-c2cncc([C@@](O)(c3ccc(C(C)C)cc3)C3(C)CN(C)C3)c2)c1. The first-order valence-electron chi connectivity index (χ1n) is 10.4. The number of likely N-dealkylation sites (tertiary alicyclic amines) is 1. The van der Waals surface area contributed by atoms with Crippen LogP contribution in [0.5, 0.6) is 0 Å². The molecule has 0 bridgehead atoms. The van der Waals surface area contributed by atoms with Gasteiger partial charge in [0.15, 0.2) is 0 Å². The number of aryl methyl sites for hydroxylation is 1. The Balaban J connectivity index is 1.83. The van der Waals surface area contributed by atoms with E-state index in [1.54, 1.807) is 0 Å². The van der Waals surface area contributed by atoms with Gasteiger partial charge in [-0.3, -0.25) is 4.98 Å². The van der Waals surface area contributed by atoms with Crippen molar-refractivity contribution in [3.63, 3.8) is 0 Å². The predicted molar refractivity (Wildman–Crippen MR) is 118 cm³/mol. The molecule has 0 amide bonds. The molecule has 1 aromatic carbocycles. The molecule has 152 valence electrons. The number of hydrogen-bond donors (Lipinski definition) is 2. The van der Waals surface area contributed by atoms with Gasteiger partial charge in [0.2, 0.25) is 0 Å². The lowest BCUT2D eigenvalue weighted by Crippen LogP contribution is -2.63. The van der Waals surface area contributed by atoms with E-state index in [4.69, 9.17) is 0 Å². The van der Waals surface area contributed by atoms with Crippen LogP contribution in [0.25, 0.3) is 11.3 Å². The topological polar surface area (TPSA) is 52.1 Å². The van der Waals surface area contributed by atoms with Crippen molar-refractivity contribution < 1.29 is 5.11 Å². The number of aromatic amines is 1. The van der Waals surface area contributed by atoms with Crippen LogP contribution in [0, 0.1) is 12.3 Å². The highest BCUT2D eigenvalue weighted by Crippen LogP contribution is 2.50. The van der Waals surface area contributed by atoms with Crippen LogP contribution in [0.15, 0.2) is 55.0 Å². The van der Waals surface area contributed by atoms with Crippen LogP contribution in [0.1, 0.15) is 48.9 Å². The van der Waals surface area contributed by atoms with Crippen LogP contribution < -0.4 is 0 Å². The van der Waals surface area contributed by atoms with Crippen LogP contribution in [0.4, 0.5) is 0 Å². The van der Waals surface area contributed by atoms with Gasteiger partial charge in [0.25, 0.3) is 0 Å². The highest BCUT2D eigenvalue weighted by Gasteiger charge is 2.55. The third-order valence-corrected chi connectivity index (χ3v) is 6.40. The average Bonchev–Trinajstić information content (AvgIpc) is 3.13. The fourth-order valence-corrected chi connectivity index (χ4v) is 4.80. The van der Waals surface area contributed by atoms with Crippen molar-refractivity contribution in [1.82, 2.24) is 14.9 Å². The number of rotatable bonds is 5. The second-order valence-corrected chi connectivity index (χ2v) is 9.27. The minimum absolute atomic E-state index is 0.285. The van der Waals surface area contributed by atoms with E-state index >= 15 is 0 Å². The summed E-state index contributed by atoms with van der Waals surface area (Å²) in [5.41, 5.74) is 4.84. The second kappa shape index (κ2) is 7.12. The van der Waals surface area contributed by atoms with Gasteiger partial charge < -0.3 is 15.0 Å². The number of benzene rings is 1. The van der Waals surface area contributed by atoms with E-state index in [1.807, 2.05) is 18.6 Å². The molecule has 1 saturated heterocycles. The van der Waals surface area contributed by atoms with Gasteiger partial charge in [-0.15, -0.1) is 0 Å². The van der Waals surface area contributed by atoms with E-state index in [9.17, 15) is 5.11 Å². The maximum atomic E-state index is 12.3. The molecule has 1 fully saturated rings. The van der Waals surface area contributed by atoms with Crippen molar-refractivity contribution >= 4 is 0 Å². The molecule has 1 aliphatic heterocycles. The molecule has 4 rings (SSSR count). The molecule has 3 heterocycles. The molecule has 2 aromatic heterocycles. The van der Waals surface area contributed by atoms with Crippen molar-refractivity contribution in [2.24, 2.45) is 5.41 Å². The van der Waals surface area contributed by atoms with E-state index in [0.29, 0.717) is 5.92 Å². The summed E-state index contributed by atoms with van der Waals surface area (Å²) < 4.78 is 0. The number of nitrogens with one attached hydrogen (secondary N) is 1. The lowest BCUT2D eigenvalue weighted by atomic mass is 9.62. The first kappa shape index (κ1) is 19.9. The van der Waals surface area contributed by atoms with Crippen LogP contribution in [-0.2, 0) is 5.60 Å². The zero-order valence-electron chi connectivity index (χ0n) is 18.0. The van der Waals surface area contributed by atoms with Gasteiger partial charge in [-0.1, -0.05) is 45.0 Å². The summed E-state index contributed by atoms with van der Waals surface area (Å²) in [6.07, 6.45) is 5.66. The van der Waals surface area contributed by atoms with Gasteiger partial charge in [0.1, 0.15) is 5.60 Å². The fourth-order valence-electron chi connectivity index (χ4n) is 4.80. The molecule has 0 radical (unpaired) electrons. The van der Waals surface area contributed by atoms with Gasteiger partial charge >= 0.3 is 0 Å². The molecular formula is C25H31N3O. The summed E-state index contributed by atoms with van der Waals surface area (Å²) in [7, 11) is 2.10. The molecule has 4 heteroatoms. The van der Waals surface area contributed by atoms with Gasteiger partial charge in [-0.05, 0) is 48.7 Å². The maximum absolute atomic E-state index is 12.3. The lowest BCUT2D eigenvalue weighted by Gasteiger charge is -2.55. The fraction of sp³-hybridized carbons (Fsp3) is 0.400. The Labute approximate surface area is 173 Å². The molecule has 1 atom stereocenters. The van der Waals surface area contributed by atoms with Crippen LogP contribution in [-0.4, -0.2) is 40.1 Å². The molecular weight excluding hydrogens is 358 g/mol. The van der Waals surface area contributed by atoms with Gasteiger partial charge in [-0.25, -0.2) is 0 Å². The molecule has 29 heavy (non-hydrogen) atoms. The number of hydrogen-bond acceptors (Lipinski definition) is 3. The van der Waals surface area contributed by atoms with E-state index in [0.717, 1.165) is 35.5 Å². The molecule has 4 nitrogen and oxygen atoms in total. The van der Waals surface area contributed by atoms with Crippen LogP contribution in [0.3, 0.4) is 0 Å². The standard InChI is InChI=1S/C25H31N3O/c1-17(2)19-6-8-21(9-7-19)25(29,24(4)15-28(5)16-24)22-11-20(13-26-14-22)23-10-18(3)12-27-23/h6-14,17,27,29H,15-16H2,1-5H3/t25-/m0/s1. The highest BCUT2D eigenvalue weighted by molar-refractivity contribution is 5.61. The summed E-state index contributed by atoms with van der Waals surface area (Å²) in [6, 6.07) is 12.6. The molecule has 0 unspecified atom stereocenters. The number of H-pyrrole nitrogens is 1. The molecule has 0 spiro atoms. The third kappa shape index (κ3) is 3.30. The largest absolute Gasteiger partial charge is 0.380 e. The molecule has 2 N–H and O–H groups in total. The third-order valence-electron chi connectivity index (χ3n) is 6.40. The first-order valence-corrected chi connectivity index (χ1v) is 10.4. The molecule has 3 aromatic rings. The van der Waals surface area contributed by atoms with Crippen molar-refractivity contribution in [3.8, 4) is 11.3 Å². The summed E-state index contributed by atoms with van der Waals surface area (Å²) in [5, 5.41) is 12.3. The van der Waals surface area contributed by atoms with Gasteiger partial charge in [0.05, 0.1) is 0 Å². The smallest absolute Gasteiger partial charge is 0.124 e. The Morgan fingerprint density at radius 3 is 2.34 bits per heavy atom. The first-order chi connectivity index (χ1) is 13.7. The predicted octanol–water partition coefficient (Wildman–Crippen LogP) is 4.70. The van der Waals surface area contributed by atoms with Gasteiger partial charge in [0, 0.05) is 53.9 Å². The maximum Gasteiger partial charge on any atom is 0.124 e. The highest BCUT2D eigenvalue weighted by atomic mass is 16.3. The molecule has 1 aliphatic rings. The Kier molecular flexibility index (Phi) is 4.88. The minimum Gasteiger partial charge on any atom is -0.380 e. The van der Waals surface area contributed by atoms with E-state index in [2.05, 4.69) is 86.0 Å². The van der Waals surface area contributed by atoms with Crippen LogP contribution >= 0.6 is 0 Å². The van der Waals surface area contributed by atoms with Gasteiger partial charge in [-0.2, -0.15) is 0 Å². The molecule has 0 aliphatic carbocycles. The molecule has 0 saturated carbocycles. The van der Waals surface area contributed by atoms with E-state index < -0.39 is 5.60 Å². The quantitative estimate of drug-likeness (QED) is 0.665. The summed E-state index contributed by atoms with van der Waals surface area (Å²) in [4.78, 5) is 10.1. The normalized spacial score (nSPS) is 18.4. The van der Waals surface area contributed by atoms with Crippen molar-refractivity contribution in [1.29, 1.82) is 0 Å². The summed E-state index contributed by atoms with van der Waals surface area (Å²) >= 11 is 0. The van der Waals surface area contributed by atoms with E-state index in [-0.39, 0.29) is 5.41 Å². The minimum atomic E-state index is -1.11. The zero-order valence-corrected chi connectivity index (χ0v) is 18.0. The second-order valence-electron chi connectivity index (χ2n) is 9.27. The Bertz CT molecular complexity index is 999. The van der Waals surface area contributed by atoms with Crippen molar-refractivity contribution in [3.05, 3.63) is 77.2 Å². The lowest BCUT2D eigenvalue weighted by molar-refractivity contribution is -0.127.